The Morgan fingerprint density at radius 1 is 0.882 bits per heavy atom. The number of benzene rings is 2. The molecule has 1 amide bonds. The van der Waals surface area contributed by atoms with E-state index in [1.807, 2.05) is 4.90 Å². The highest BCUT2D eigenvalue weighted by molar-refractivity contribution is 5.95. The molecule has 0 aliphatic carbocycles. The molecule has 1 saturated heterocycles. The molecule has 8 nitrogen and oxygen atoms in total. The molecule has 2 heterocycles. The van der Waals surface area contributed by atoms with Crippen LogP contribution in [0.1, 0.15) is 27.9 Å². The summed E-state index contributed by atoms with van der Waals surface area (Å²) in [7, 11) is 4.64. The number of nitrogens with zero attached hydrogens (tertiary/aromatic N) is 3. The van der Waals surface area contributed by atoms with Crippen molar-refractivity contribution < 1.29 is 19.0 Å². The van der Waals surface area contributed by atoms with Crippen molar-refractivity contribution in [2.75, 3.05) is 52.4 Å². The molecule has 0 radical (unpaired) electrons. The minimum Gasteiger partial charge on any atom is -0.493 e. The average Bonchev–Trinajstić information content (AvgIpc) is 3.22. The molecule has 0 atom stereocenters. The Hall–Kier alpha value is -3.68. The van der Waals surface area contributed by atoms with E-state index in [1.54, 1.807) is 33.5 Å². The molecule has 8 heteroatoms. The molecule has 180 valence electrons. The number of aryl methyl sites for hydroxylation is 2. The number of carbonyl (C=O) groups is 1. The zero-order chi connectivity index (χ0) is 24.2. The average molecular weight is 465 g/mol. The normalized spacial score (nSPS) is 14.0. The topological polar surface area (TPSA) is 79.9 Å². The van der Waals surface area contributed by atoms with Gasteiger partial charge in [0.15, 0.2) is 17.3 Å². The van der Waals surface area contributed by atoms with E-state index in [2.05, 4.69) is 53.2 Å². The first-order valence-corrected chi connectivity index (χ1v) is 11.4. The van der Waals surface area contributed by atoms with Crippen molar-refractivity contribution >= 4 is 11.7 Å². The number of carbonyl (C=O) groups excluding carboxylic acids is 1. The van der Waals surface area contributed by atoms with E-state index in [-0.39, 0.29) is 5.91 Å². The van der Waals surface area contributed by atoms with E-state index in [0.717, 1.165) is 30.0 Å². The number of nitrogens with one attached hydrogen (secondary N) is 1. The number of amides is 1. The van der Waals surface area contributed by atoms with Crippen LogP contribution in [0.25, 0.3) is 11.3 Å². The van der Waals surface area contributed by atoms with E-state index in [4.69, 9.17) is 14.2 Å². The first-order chi connectivity index (χ1) is 16.4. The third-order valence-electron chi connectivity index (χ3n) is 6.40. The van der Waals surface area contributed by atoms with Crippen molar-refractivity contribution in [3.8, 4) is 28.5 Å². The zero-order valence-corrected chi connectivity index (χ0v) is 20.5. The minimum atomic E-state index is -0.0565. The van der Waals surface area contributed by atoms with Gasteiger partial charge in [-0.05, 0) is 55.2 Å². The minimum absolute atomic E-state index is 0.0565. The fourth-order valence-corrected chi connectivity index (χ4v) is 4.27. The van der Waals surface area contributed by atoms with Crippen LogP contribution in [-0.2, 0) is 0 Å². The molecule has 0 unspecified atom stereocenters. The van der Waals surface area contributed by atoms with Crippen molar-refractivity contribution in [1.29, 1.82) is 0 Å². The van der Waals surface area contributed by atoms with Gasteiger partial charge in [-0.25, -0.2) is 0 Å². The Balaban J connectivity index is 1.48. The molecular formula is C26H32N4O4. The number of ether oxygens (including phenoxy) is 3. The van der Waals surface area contributed by atoms with Crippen LogP contribution in [-0.4, -0.2) is 68.5 Å². The summed E-state index contributed by atoms with van der Waals surface area (Å²) in [4.78, 5) is 17.4. The number of hydrogen-bond acceptors (Lipinski definition) is 6. The van der Waals surface area contributed by atoms with Crippen LogP contribution in [0.4, 0.5) is 5.82 Å². The highest BCUT2D eigenvalue weighted by Crippen LogP contribution is 2.38. The number of H-pyrrole nitrogens is 1. The van der Waals surface area contributed by atoms with Crippen molar-refractivity contribution in [2.45, 2.75) is 20.3 Å². The van der Waals surface area contributed by atoms with Gasteiger partial charge in [0.2, 0.25) is 5.75 Å². The van der Waals surface area contributed by atoms with Gasteiger partial charge in [-0.2, -0.15) is 5.10 Å². The maximum Gasteiger partial charge on any atom is 0.254 e. The SMILES string of the molecule is COc1cc(C(=O)N2CCCN(c3cc(-c4ccc(C)c(C)c4)[nH]n3)CC2)cc(OC)c1OC. The molecule has 3 aromatic rings. The fourth-order valence-electron chi connectivity index (χ4n) is 4.27. The van der Waals surface area contributed by atoms with E-state index in [9.17, 15) is 4.79 Å². The Kier molecular flexibility index (Phi) is 6.95. The van der Waals surface area contributed by atoms with Gasteiger partial charge in [0, 0.05) is 37.8 Å². The van der Waals surface area contributed by atoms with Crippen molar-refractivity contribution in [1.82, 2.24) is 15.1 Å². The van der Waals surface area contributed by atoms with Crippen LogP contribution in [0.3, 0.4) is 0 Å². The van der Waals surface area contributed by atoms with Crippen molar-refractivity contribution in [2.24, 2.45) is 0 Å². The summed E-state index contributed by atoms with van der Waals surface area (Å²) in [5, 5.41) is 7.72. The Labute approximate surface area is 200 Å². The van der Waals surface area contributed by atoms with Crippen LogP contribution < -0.4 is 19.1 Å². The predicted octanol–water partition coefficient (Wildman–Crippen LogP) is 4.07. The molecule has 0 spiro atoms. The van der Waals surface area contributed by atoms with E-state index >= 15 is 0 Å². The van der Waals surface area contributed by atoms with Crippen LogP contribution in [0, 0.1) is 13.8 Å². The molecule has 0 bridgehead atoms. The van der Waals surface area contributed by atoms with Gasteiger partial charge in [-0.1, -0.05) is 12.1 Å². The highest BCUT2D eigenvalue weighted by atomic mass is 16.5. The third-order valence-corrected chi connectivity index (χ3v) is 6.40. The standard InChI is InChI=1S/C26H32N4O4/c1-17-7-8-19(13-18(17)2)21-16-24(28-27-21)29-9-6-10-30(12-11-29)26(31)20-14-22(32-3)25(34-5)23(15-20)33-4/h7-8,13-16H,6,9-12H2,1-5H3,(H,27,28). The van der Waals surface area contributed by atoms with E-state index in [1.165, 1.54) is 11.1 Å². The summed E-state index contributed by atoms with van der Waals surface area (Å²) in [5.41, 5.74) is 5.15. The molecule has 4 rings (SSSR count). The lowest BCUT2D eigenvalue weighted by molar-refractivity contribution is 0.0766. The van der Waals surface area contributed by atoms with Gasteiger partial charge in [0.25, 0.3) is 5.91 Å². The monoisotopic (exact) mass is 464 g/mol. The highest BCUT2D eigenvalue weighted by Gasteiger charge is 2.24. The largest absolute Gasteiger partial charge is 0.493 e. The summed E-state index contributed by atoms with van der Waals surface area (Å²) in [6.07, 6.45) is 0.849. The van der Waals surface area contributed by atoms with Crippen LogP contribution >= 0.6 is 0 Å². The van der Waals surface area contributed by atoms with E-state index in [0.29, 0.717) is 42.4 Å². The maximum absolute atomic E-state index is 13.3. The van der Waals surface area contributed by atoms with Crippen LogP contribution in [0.15, 0.2) is 36.4 Å². The second-order valence-electron chi connectivity index (χ2n) is 8.49. The second-order valence-corrected chi connectivity index (χ2v) is 8.49. The predicted molar refractivity (Wildman–Crippen MR) is 132 cm³/mol. The summed E-state index contributed by atoms with van der Waals surface area (Å²) in [6.45, 7) is 7.02. The molecule has 0 saturated carbocycles. The smallest absolute Gasteiger partial charge is 0.254 e. The Morgan fingerprint density at radius 2 is 1.62 bits per heavy atom. The Bertz CT molecular complexity index is 1150. The number of aromatic nitrogens is 2. The zero-order valence-electron chi connectivity index (χ0n) is 20.5. The third kappa shape index (κ3) is 4.66. The summed E-state index contributed by atoms with van der Waals surface area (Å²) < 4.78 is 16.2. The molecule has 1 N–H and O–H groups in total. The first-order valence-electron chi connectivity index (χ1n) is 11.4. The van der Waals surface area contributed by atoms with Crippen molar-refractivity contribution in [3.63, 3.8) is 0 Å². The fraction of sp³-hybridized carbons (Fsp3) is 0.385. The lowest BCUT2D eigenvalue weighted by atomic mass is 10.0. The summed E-state index contributed by atoms with van der Waals surface area (Å²) in [5.74, 6) is 2.25. The maximum atomic E-state index is 13.3. The molecule has 1 fully saturated rings. The number of rotatable bonds is 6. The number of anilines is 1. The first kappa shape index (κ1) is 23.5. The number of hydrogen-bond donors (Lipinski definition) is 1. The molecule has 34 heavy (non-hydrogen) atoms. The molecule has 1 aliphatic heterocycles. The lowest BCUT2D eigenvalue weighted by Gasteiger charge is -2.22. The van der Waals surface area contributed by atoms with Gasteiger partial charge < -0.3 is 24.0 Å². The van der Waals surface area contributed by atoms with Crippen LogP contribution in [0.5, 0.6) is 17.2 Å². The van der Waals surface area contributed by atoms with Crippen molar-refractivity contribution in [3.05, 3.63) is 53.1 Å². The number of aromatic amines is 1. The molecular weight excluding hydrogens is 432 g/mol. The van der Waals surface area contributed by atoms with Gasteiger partial charge in [0.1, 0.15) is 0 Å². The molecule has 1 aliphatic rings. The molecule has 1 aromatic heterocycles. The summed E-state index contributed by atoms with van der Waals surface area (Å²) in [6, 6.07) is 11.9. The quantitative estimate of drug-likeness (QED) is 0.592. The molecule has 2 aromatic carbocycles. The van der Waals surface area contributed by atoms with E-state index < -0.39 is 0 Å². The van der Waals surface area contributed by atoms with Gasteiger partial charge in [-0.3, -0.25) is 9.89 Å². The van der Waals surface area contributed by atoms with Crippen LogP contribution in [0.2, 0.25) is 0 Å². The van der Waals surface area contributed by atoms with Gasteiger partial charge in [-0.15, -0.1) is 0 Å². The van der Waals surface area contributed by atoms with Gasteiger partial charge in [0.05, 0.1) is 27.0 Å². The van der Waals surface area contributed by atoms with Gasteiger partial charge >= 0.3 is 0 Å². The number of methoxy groups -OCH3 is 3. The lowest BCUT2D eigenvalue weighted by Crippen LogP contribution is -2.35. The Morgan fingerprint density at radius 3 is 2.26 bits per heavy atom. The summed E-state index contributed by atoms with van der Waals surface area (Å²) >= 11 is 0. The second kappa shape index (κ2) is 10.1.